The number of carbonyl (C=O) groups is 2. The molecule has 0 aromatic heterocycles. The van der Waals surface area contributed by atoms with Crippen LogP contribution in [0.5, 0.6) is 5.75 Å². The summed E-state index contributed by atoms with van der Waals surface area (Å²) in [6, 6.07) is 18.1. The summed E-state index contributed by atoms with van der Waals surface area (Å²) in [4.78, 5) is 24.4. The number of nitrogens with zero attached hydrogens (tertiary/aromatic N) is 1. The Kier molecular flexibility index (Phi) is 8.41. The Hall–Kier alpha value is -3.63. The van der Waals surface area contributed by atoms with Gasteiger partial charge < -0.3 is 20.1 Å². The Labute approximate surface area is 188 Å². The average molecular weight is 434 g/mol. The van der Waals surface area contributed by atoms with Gasteiger partial charge in [-0.05, 0) is 49.1 Å². The second-order valence-corrected chi connectivity index (χ2v) is 7.57. The van der Waals surface area contributed by atoms with Crippen LogP contribution in [-0.2, 0) is 14.3 Å². The Morgan fingerprint density at radius 1 is 1.22 bits per heavy atom. The molecule has 1 aliphatic heterocycles. The summed E-state index contributed by atoms with van der Waals surface area (Å²) in [5.74, 6) is -0.123. The van der Waals surface area contributed by atoms with Crippen LogP contribution >= 0.6 is 0 Å². The van der Waals surface area contributed by atoms with Crippen molar-refractivity contribution in [3.63, 3.8) is 0 Å². The third-order valence-electron chi connectivity index (χ3n) is 5.12. The van der Waals surface area contributed by atoms with Crippen LogP contribution < -0.4 is 15.4 Å². The first-order chi connectivity index (χ1) is 15.5. The lowest BCUT2D eigenvalue weighted by molar-refractivity contribution is -0.123. The highest BCUT2D eigenvalue weighted by atomic mass is 16.5. The molecule has 0 radical (unpaired) electrons. The Morgan fingerprint density at radius 2 is 1.97 bits per heavy atom. The van der Waals surface area contributed by atoms with E-state index >= 15 is 0 Å². The lowest BCUT2D eigenvalue weighted by atomic mass is 10.1. The fourth-order valence-electron chi connectivity index (χ4n) is 3.31. The molecule has 2 atom stereocenters. The first-order valence-corrected chi connectivity index (χ1v) is 10.6. The Morgan fingerprint density at radius 3 is 2.62 bits per heavy atom. The molecule has 166 valence electrons. The molecule has 1 saturated heterocycles. The van der Waals surface area contributed by atoms with E-state index in [0.717, 1.165) is 25.0 Å². The fourth-order valence-corrected chi connectivity index (χ4v) is 3.31. The molecule has 7 heteroatoms. The molecule has 0 aliphatic carbocycles. The number of nitrogens with one attached hydrogen (secondary N) is 2. The number of hydrogen-bond acceptors (Lipinski definition) is 5. The highest BCUT2D eigenvalue weighted by Gasteiger charge is 2.16. The summed E-state index contributed by atoms with van der Waals surface area (Å²) in [7, 11) is 0. The molecule has 2 aromatic carbocycles. The fraction of sp³-hybridized carbons (Fsp3) is 0.320. The first-order valence-electron chi connectivity index (χ1n) is 10.6. The van der Waals surface area contributed by atoms with Gasteiger partial charge in [-0.25, -0.2) is 0 Å². The third-order valence-corrected chi connectivity index (χ3v) is 5.12. The van der Waals surface area contributed by atoms with E-state index in [1.54, 1.807) is 24.3 Å². The lowest BCUT2D eigenvalue weighted by Gasteiger charge is -2.13. The monoisotopic (exact) mass is 433 g/mol. The standard InChI is InChI=1S/C25H27N3O4/c1-18(20-6-3-2-4-7-20)28-25(30)21(15-26)14-19-9-11-22(12-10-19)32-17-24(29)27-16-23-8-5-13-31-23/h2-4,6-7,9-12,14,18,23H,5,8,13,16-17H2,1H3,(H,27,29)(H,28,30)/b21-14+. The molecular formula is C25H27N3O4. The summed E-state index contributed by atoms with van der Waals surface area (Å²) in [6.45, 7) is 3.02. The SMILES string of the molecule is CC(NC(=O)/C(C#N)=C/c1ccc(OCC(=O)NCC2CCCO2)cc1)c1ccccc1. The number of hydrogen-bond donors (Lipinski definition) is 2. The van der Waals surface area contributed by atoms with Gasteiger partial charge in [0.25, 0.3) is 11.8 Å². The quantitative estimate of drug-likeness (QED) is 0.467. The highest BCUT2D eigenvalue weighted by molar-refractivity contribution is 6.01. The van der Waals surface area contributed by atoms with Crippen molar-refractivity contribution in [3.8, 4) is 11.8 Å². The maximum Gasteiger partial charge on any atom is 0.262 e. The normalized spacial score (nSPS) is 16.6. The van der Waals surface area contributed by atoms with E-state index in [0.29, 0.717) is 17.9 Å². The summed E-state index contributed by atoms with van der Waals surface area (Å²) in [5.41, 5.74) is 1.65. The van der Waals surface area contributed by atoms with E-state index in [1.165, 1.54) is 6.08 Å². The number of nitriles is 1. The van der Waals surface area contributed by atoms with Crippen LogP contribution in [0.25, 0.3) is 6.08 Å². The van der Waals surface area contributed by atoms with Gasteiger partial charge in [0.1, 0.15) is 17.4 Å². The van der Waals surface area contributed by atoms with Gasteiger partial charge in [0.05, 0.1) is 12.1 Å². The number of ether oxygens (including phenoxy) is 2. The van der Waals surface area contributed by atoms with Crippen LogP contribution in [0.1, 0.15) is 36.9 Å². The topological polar surface area (TPSA) is 100 Å². The third kappa shape index (κ3) is 6.96. The minimum absolute atomic E-state index is 0.00922. The van der Waals surface area contributed by atoms with E-state index in [4.69, 9.17) is 9.47 Å². The smallest absolute Gasteiger partial charge is 0.262 e. The van der Waals surface area contributed by atoms with Gasteiger partial charge in [0.2, 0.25) is 0 Å². The maximum absolute atomic E-state index is 12.5. The van der Waals surface area contributed by atoms with Gasteiger partial charge in [-0.2, -0.15) is 5.26 Å². The molecule has 7 nitrogen and oxygen atoms in total. The molecule has 0 saturated carbocycles. The molecule has 0 bridgehead atoms. The number of amides is 2. The number of carbonyl (C=O) groups excluding carboxylic acids is 2. The van der Waals surface area contributed by atoms with Gasteiger partial charge in [-0.1, -0.05) is 42.5 Å². The molecular weight excluding hydrogens is 406 g/mol. The lowest BCUT2D eigenvalue weighted by Crippen LogP contribution is -2.35. The van der Waals surface area contributed by atoms with Crippen LogP contribution in [0.4, 0.5) is 0 Å². The van der Waals surface area contributed by atoms with Crippen molar-refractivity contribution < 1.29 is 19.1 Å². The zero-order chi connectivity index (χ0) is 22.8. The molecule has 1 heterocycles. The van der Waals surface area contributed by atoms with Crippen LogP contribution in [0, 0.1) is 11.3 Å². The van der Waals surface area contributed by atoms with Crippen LogP contribution in [-0.4, -0.2) is 37.7 Å². The van der Waals surface area contributed by atoms with Crippen LogP contribution in [0.3, 0.4) is 0 Å². The summed E-state index contributed by atoms with van der Waals surface area (Å²) >= 11 is 0. The molecule has 0 spiro atoms. The second-order valence-electron chi connectivity index (χ2n) is 7.57. The first kappa shape index (κ1) is 23.0. The van der Waals surface area contributed by atoms with Gasteiger partial charge in [0, 0.05) is 13.2 Å². The van der Waals surface area contributed by atoms with Crippen molar-refractivity contribution in [2.75, 3.05) is 19.8 Å². The van der Waals surface area contributed by atoms with Crippen molar-refractivity contribution in [2.24, 2.45) is 0 Å². The molecule has 1 fully saturated rings. The van der Waals surface area contributed by atoms with Crippen LogP contribution in [0.15, 0.2) is 60.2 Å². The minimum atomic E-state index is -0.438. The zero-order valence-electron chi connectivity index (χ0n) is 18.0. The van der Waals surface area contributed by atoms with Crippen molar-refractivity contribution in [2.45, 2.75) is 31.9 Å². The van der Waals surface area contributed by atoms with E-state index in [2.05, 4.69) is 10.6 Å². The number of rotatable bonds is 9. The van der Waals surface area contributed by atoms with Gasteiger partial charge >= 0.3 is 0 Å². The summed E-state index contributed by atoms with van der Waals surface area (Å²) in [6.07, 6.45) is 3.60. The predicted octanol–water partition coefficient (Wildman–Crippen LogP) is 3.14. The Balaban J connectivity index is 1.50. The largest absolute Gasteiger partial charge is 0.484 e. The highest BCUT2D eigenvalue weighted by Crippen LogP contribution is 2.16. The maximum atomic E-state index is 12.5. The van der Waals surface area contributed by atoms with Gasteiger partial charge in [0.15, 0.2) is 6.61 Å². The number of benzene rings is 2. The van der Waals surface area contributed by atoms with Crippen molar-refractivity contribution in [1.82, 2.24) is 10.6 Å². The Bertz CT molecular complexity index is 974. The van der Waals surface area contributed by atoms with Gasteiger partial charge in [-0.3, -0.25) is 9.59 Å². The molecule has 32 heavy (non-hydrogen) atoms. The molecule has 2 aromatic rings. The molecule has 2 amide bonds. The summed E-state index contributed by atoms with van der Waals surface area (Å²) in [5, 5.41) is 15.0. The molecule has 1 aliphatic rings. The second kappa shape index (κ2) is 11.7. The minimum Gasteiger partial charge on any atom is -0.484 e. The van der Waals surface area contributed by atoms with Crippen LogP contribution in [0.2, 0.25) is 0 Å². The molecule has 2 unspecified atom stereocenters. The molecule has 3 rings (SSSR count). The van der Waals surface area contributed by atoms with Gasteiger partial charge in [-0.15, -0.1) is 0 Å². The van der Waals surface area contributed by atoms with Crippen molar-refractivity contribution >= 4 is 17.9 Å². The molecule has 2 N–H and O–H groups in total. The predicted molar refractivity (Wildman–Crippen MR) is 121 cm³/mol. The van der Waals surface area contributed by atoms with E-state index < -0.39 is 5.91 Å². The van der Waals surface area contributed by atoms with E-state index in [-0.39, 0.29) is 30.2 Å². The zero-order valence-corrected chi connectivity index (χ0v) is 18.0. The van der Waals surface area contributed by atoms with E-state index in [9.17, 15) is 14.9 Å². The summed E-state index contributed by atoms with van der Waals surface area (Å²) < 4.78 is 11.0. The average Bonchev–Trinajstić information content (AvgIpc) is 3.35. The van der Waals surface area contributed by atoms with Crippen molar-refractivity contribution in [3.05, 3.63) is 71.3 Å². The van der Waals surface area contributed by atoms with Crippen molar-refractivity contribution in [1.29, 1.82) is 5.26 Å². The van der Waals surface area contributed by atoms with E-state index in [1.807, 2.05) is 43.3 Å².